The highest BCUT2D eigenvalue weighted by molar-refractivity contribution is 5.99. The molecule has 0 saturated carbocycles. The van der Waals surface area contributed by atoms with Crippen LogP contribution < -0.4 is 10.6 Å². The number of hydrogen-bond acceptors (Lipinski definition) is 5. The summed E-state index contributed by atoms with van der Waals surface area (Å²) >= 11 is 0. The van der Waals surface area contributed by atoms with Gasteiger partial charge >= 0.3 is 0 Å². The molecule has 0 aliphatic carbocycles. The van der Waals surface area contributed by atoms with E-state index < -0.39 is 0 Å². The highest BCUT2D eigenvalue weighted by Gasteiger charge is 2.26. The highest BCUT2D eigenvalue weighted by atomic mass is 15.4. The molecule has 2 aromatic heterocycles. The second-order valence-corrected chi connectivity index (χ2v) is 9.08. The minimum Gasteiger partial charge on any atom is -0.383 e. The van der Waals surface area contributed by atoms with E-state index in [2.05, 4.69) is 63.8 Å². The van der Waals surface area contributed by atoms with Gasteiger partial charge in [0.1, 0.15) is 5.82 Å². The Morgan fingerprint density at radius 1 is 1.11 bits per heavy atom. The van der Waals surface area contributed by atoms with Crippen molar-refractivity contribution in [3.8, 4) is 11.3 Å². The van der Waals surface area contributed by atoms with Gasteiger partial charge in [0.15, 0.2) is 5.65 Å². The number of benzene rings is 1. The number of anilines is 2. The van der Waals surface area contributed by atoms with Gasteiger partial charge in [-0.15, -0.1) is 5.10 Å². The summed E-state index contributed by atoms with van der Waals surface area (Å²) in [6.45, 7) is 12.7. The van der Waals surface area contributed by atoms with Crippen molar-refractivity contribution < 1.29 is 0 Å². The molecule has 3 aromatic rings. The maximum Gasteiger partial charge on any atom is 0.228 e. The number of nitrogens with zero attached hydrogens (tertiary/aromatic N) is 5. The summed E-state index contributed by atoms with van der Waals surface area (Å²) in [6.07, 6.45) is 2.33. The Kier molecular flexibility index (Phi) is 4.52. The average molecular weight is 379 g/mol. The van der Waals surface area contributed by atoms with Crippen LogP contribution in [0.2, 0.25) is 0 Å². The lowest BCUT2D eigenvalue weighted by atomic mass is 9.99. The Balaban J connectivity index is 1.94. The van der Waals surface area contributed by atoms with Crippen LogP contribution in [-0.2, 0) is 5.54 Å². The molecule has 1 saturated heterocycles. The van der Waals surface area contributed by atoms with E-state index in [1.807, 2.05) is 4.68 Å². The van der Waals surface area contributed by atoms with Gasteiger partial charge in [0, 0.05) is 18.7 Å². The molecule has 4 rings (SSSR count). The molecule has 0 radical (unpaired) electrons. The van der Waals surface area contributed by atoms with Crippen LogP contribution in [-0.4, -0.2) is 32.8 Å². The molecule has 1 aliphatic rings. The Bertz CT molecular complexity index is 1010. The molecule has 1 fully saturated rings. The lowest BCUT2D eigenvalue weighted by Crippen LogP contribution is -2.34. The Morgan fingerprint density at radius 2 is 1.82 bits per heavy atom. The number of aryl methyl sites for hydroxylation is 1. The fraction of sp³-hybridized carbons (Fsp3) is 0.500. The summed E-state index contributed by atoms with van der Waals surface area (Å²) in [7, 11) is 0. The number of piperidine rings is 1. The molecule has 148 valence electrons. The summed E-state index contributed by atoms with van der Waals surface area (Å²) in [4.78, 5) is 12.1. The van der Waals surface area contributed by atoms with E-state index in [-0.39, 0.29) is 5.54 Å². The van der Waals surface area contributed by atoms with Crippen molar-refractivity contribution in [3.63, 3.8) is 0 Å². The Morgan fingerprint density at radius 3 is 2.46 bits per heavy atom. The van der Waals surface area contributed by atoms with Gasteiger partial charge in [0.2, 0.25) is 5.95 Å². The van der Waals surface area contributed by atoms with E-state index in [1.165, 1.54) is 18.4 Å². The Labute approximate surface area is 166 Å². The first kappa shape index (κ1) is 18.7. The van der Waals surface area contributed by atoms with Gasteiger partial charge in [-0.2, -0.15) is 4.98 Å². The number of rotatable bonds is 2. The fourth-order valence-corrected chi connectivity index (χ4v) is 3.86. The molecule has 1 aliphatic heterocycles. The van der Waals surface area contributed by atoms with Crippen LogP contribution in [0.1, 0.15) is 46.1 Å². The van der Waals surface area contributed by atoms with Crippen molar-refractivity contribution >= 4 is 22.8 Å². The van der Waals surface area contributed by atoms with Crippen LogP contribution >= 0.6 is 0 Å². The standard InChI is InChI=1S/C22H30N6/c1-14-9-11-27(12-10-14)21-24-18(16-8-6-7-15(2)13-16)17-19(23)28(22(3,4)5)26-20(17)25-21/h6-8,13-14H,9-12,23H2,1-5H3. The summed E-state index contributed by atoms with van der Waals surface area (Å²) in [5.74, 6) is 2.14. The molecule has 6 heteroatoms. The maximum atomic E-state index is 6.55. The Hall–Kier alpha value is -2.63. The van der Waals surface area contributed by atoms with Crippen molar-refractivity contribution in [1.29, 1.82) is 0 Å². The summed E-state index contributed by atoms with van der Waals surface area (Å²) in [6, 6.07) is 8.39. The highest BCUT2D eigenvalue weighted by Crippen LogP contribution is 2.35. The van der Waals surface area contributed by atoms with Crippen LogP contribution in [0.3, 0.4) is 0 Å². The molecule has 0 unspecified atom stereocenters. The monoisotopic (exact) mass is 378 g/mol. The number of fused-ring (bicyclic) bond motifs is 1. The zero-order valence-electron chi connectivity index (χ0n) is 17.5. The van der Waals surface area contributed by atoms with E-state index in [1.54, 1.807) is 0 Å². The fourth-order valence-electron chi connectivity index (χ4n) is 3.86. The topological polar surface area (TPSA) is 72.9 Å². The number of hydrogen-bond donors (Lipinski definition) is 1. The van der Waals surface area contributed by atoms with Crippen LogP contribution in [0.15, 0.2) is 24.3 Å². The van der Waals surface area contributed by atoms with Crippen LogP contribution in [0.25, 0.3) is 22.3 Å². The first-order chi connectivity index (χ1) is 13.2. The molecular formula is C22H30N6. The first-order valence-electron chi connectivity index (χ1n) is 10.1. The van der Waals surface area contributed by atoms with Gasteiger partial charge in [0.05, 0.1) is 16.6 Å². The number of nitrogen functional groups attached to an aromatic ring is 1. The number of aromatic nitrogens is 4. The SMILES string of the molecule is Cc1cccc(-c2nc(N3CCC(C)CC3)nc3nn(C(C)(C)C)c(N)c23)c1. The van der Waals surface area contributed by atoms with Crippen molar-refractivity contribution in [2.75, 3.05) is 23.7 Å². The van der Waals surface area contributed by atoms with Crippen molar-refractivity contribution in [3.05, 3.63) is 29.8 Å². The molecule has 6 nitrogen and oxygen atoms in total. The normalized spacial score (nSPS) is 16.1. The van der Waals surface area contributed by atoms with Gasteiger partial charge in [0.25, 0.3) is 0 Å². The van der Waals surface area contributed by atoms with Gasteiger partial charge in [-0.25, -0.2) is 9.67 Å². The predicted octanol–water partition coefficient (Wildman–Crippen LogP) is 4.38. The minimum absolute atomic E-state index is 0.227. The zero-order chi connectivity index (χ0) is 20.1. The summed E-state index contributed by atoms with van der Waals surface area (Å²) in [5.41, 5.74) is 10.1. The van der Waals surface area contributed by atoms with Crippen molar-refractivity contribution in [1.82, 2.24) is 19.7 Å². The van der Waals surface area contributed by atoms with E-state index in [4.69, 9.17) is 20.8 Å². The first-order valence-corrected chi connectivity index (χ1v) is 10.1. The molecule has 0 spiro atoms. The van der Waals surface area contributed by atoms with Gasteiger partial charge in [-0.1, -0.05) is 30.7 Å². The second kappa shape index (κ2) is 6.76. The molecule has 0 bridgehead atoms. The second-order valence-electron chi connectivity index (χ2n) is 9.08. The maximum absolute atomic E-state index is 6.55. The third-order valence-electron chi connectivity index (χ3n) is 5.55. The van der Waals surface area contributed by atoms with Gasteiger partial charge < -0.3 is 10.6 Å². The lowest BCUT2D eigenvalue weighted by molar-refractivity contribution is 0.364. The molecule has 1 aromatic carbocycles. The lowest BCUT2D eigenvalue weighted by Gasteiger charge is -2.30. The summed E-state index contributed by atoms with van der Waals surface area (Å²) < 4.78 is 1.87. The molecule has 0 amide bonds. The van der Waals surface area contributed by atoms with Crippen molar-refractivity contribution in [2.45, 2.75) is 53.0 Å². The third kappa shape index (κ3) is 3.32. The van der Waals surface area contributed by atoms with E-state index >= 15 is 0 Å². The van der Waals surface area contributed by atoms with Crippen LogP contribution in [0.4, 0.5) is 11.8 Å². The largest absolute Gasteiger partial charge is 0.383 e. The number of nitrogens with two attached hydrogens (primary N) is 1. The van der Waals surface area contributed by atoms with Crippen LogP contribution in [0.5, 0.6) is 0 Å². The predicted molar refractivity (Wildman–Crippen MR) is 116 cm³/mol. The minimum atomic E-state index is -0.227. The van der Waals surface area contributed by atoms with E-state index in [0.29, 0.717) is 11.5 Å². The van der Waals surface area contributed by atoms with E-state index in [0.717, 1.165) is 41.6 Å². The van der Waals surface area contributed by atoms with Gasteiger partial charge in [-0.05, 0) is 52.5 Å². The third-order valence-corrected chi connectivity index (χ3v) is 5.55. The van der Waals surface area contributed by atoms with Crippen molar-refractivity contribution in [2.24, 2.45) is 5.92 Å². The smallest absolute Gasteiger partial charge is 0.228 e. The molecule has 28 heavy (non-hydrogen) atoms. The zero-order valence-corrected chi connectivity index (χ0v) is 17.5. The summed E-state index contributed by atoms with van der Waals surface area (Å²) in [5, 5.41) is 5.62. The molecular weight excluding hydrogens is 348 g/mol. The molecule has 2 N–H and O–H groups in total. The van der Waals surface area contributed by atoms with Gasteiger partial charge in [-0.3, -0.25) is 0 Å². The van der Waals surface area contributed by atoms with Crippen LogP contribution in [0, 0.1) is 12.8 Å². The molecule has 3 heterocycles. The quantitative estimate of drug-likeness (QED) is 0.716. The molecule has 0 atom stereocenters. The van der Waals surface area contributed by atoms with E-state index in [9.17, 15) is 0 Å². The average Bonchev–Trinajstić information content (AvgIpc) is 2.99.